The number of aromatic hydroxyl groups is 1. The molecule has 3 aromatic carbocycles. The molecule has 2 heterocycles. The molecule has 2 radical (unpaired) electrons. The summed E-state index contributed by atoms with van der Waals surface area (Å²) in [6, 6.07) is 28.4. The average Bonchev–Trinajstić information content (AvgIpc) is 3.30. The first-order chi connectivity index (χ1) is 18.1. The second kappa shape index (κ2) is 11.0. The number of nitrogens with zero attached hydrogens (tertiary/aromatic N) is 3. The Morgan fingerprint density at radius 3 is 2.24 bits per heavy atom. The predicted octanol–water partition coefficient (Wildman–Crippen LogP) is 3.65. The van der Waals surface area contributed by atoms with Crippen LogP contribution in [0.15, 0.2) is 97.2 Å². The average molecular weight is 487 g/mol. The number of phenols is 1. The number of hydrogen-bond donors (Lipinski definition) is 3. The molecule has 0 fully saturated rings. The summed E-state index contributed by atoms with van der Waals surface area (Å²) in [7, 11) is 6.08. The van der Waals surface area contributed by atoms with Crippen molar-refractivity contribution in [1.82, 2.24) is 19.9 Å². The fourth-order valence-corrected chi connectivity index (χ4v) is 4.34. The van der Waals surface area contributed by atoms with E-state index in [1.165, 1.54) is 0 Å². The molecule has 0 unspecified atom stereocenters. The van der Waals surface area contributed by atoms with Crippen LogP contribution in [0.2, 0.25) is 0 Å². The van der Waals surface area contributed by atoms with E-state index in [1.54, 1.807) is 28.9 Å². The van der Waals surface area contributed by atoms with Crippen LogP contribution in [-0.2, 0) is 4.79 Å². The fourth-order valence-electron chi connectivity index (χ4n) is 4.34. The van der Waals surface area contributed by atoms with E-state index in [0.717, 1.165) is 11.1 Å². The van der Waals surface area contributed by atoms with Crippen molar-refractivity contribution in [3.63, 3.8) is 0 Å². The first-order valence-electron chi connectivity index (χ1n) is 12.2. The Labute approximate surface area is 216 Å². The standard InChI is InChI=1S/C29H26BN5O2/c30-23-19-33-35-26(18-24(34-28(23)35)22-14-7-8-15-25(22)36)31-16-9-17-32-29(37)27(20-10-3-1-4-11-20)21-12-5-2-6-13-21/h1-8,10-15,18-19,27,31,36H,9,16-17H2,(H,32,37). The maximum Gasteiger partial charge on any atom is 0.232 e. The Morgan fingerprint density at radius 1 is 0.919 bits per heavy atom. The van der Waals surface area contributed by atoms with E-state index in [4.69, 9.17) is 7.85 Å². The Bertz CT molecular complexity index is 1470. The number of hydrogen-bond acceptors (Lipinski definition) is 5. The maximum atomic E-state index is 13.2. The normalized spacial score (nSPS) is 11.1. The number of para-hydroxylation sites is 1. The zero-order chi connectivity index (χ0) is 25.6. The van der Waals surface area contributed by atoms with Gasteiger partial charge < -0.3 is 15.7 Å². The summed E-state index contributed by atoms with van der Waals surface area (Å²) >= 11 is 0. The number of carbonyl (C=O) groups is 1. The Kier molecular flexibility index (Phi) is 7.17. The molecule has 0 aliphatic rings. The number of fused-ring (bicyclic) bond motifs is 1. The lowest BCUT2D eigenvalue weighted by molar-refractivity contribution is -0.121. The highest BCUT2D eigenvalue weighted by Gasteiger charge is 2.22. The maximum absolute atomic E-state index is 13.2. The second-order valence-corrected chi connectivity index (χ2v) is 8.70. The van der Waals surface area contributed by atoms with Gasteiger partial charge in [0, 0.05) is 30.9 Å². The van der Waals surface area contributed by atoms with Gasteiger partial charge in [0.2, 0.25) is 5.91 Å². The van der Waals surface area contributed by atoms with Gasteiger partial charge in [0.15, 0.2) is 5.65 Å². The third-order valence-corrected chi connectivity index (χ3v) is 6.17. The number of carbonyl (C=O) groups excluding carboxylic acids is 1. The summed E-state index contributed by atoms with van der Waals surface area (Å²) < 4.78 is 1.64. The molecule has 0 aliphatic heterocycles. The molecule has 0 saturated heterocycles. The number of rotatable bonds is 9. The van der Waals surface area contributed by atoms with Gasteiger partial charge in [-0.25, -0.2) is 4.98 Å². The fraction of sp³-hybridized carbons (Fsp3) is 0.138. The van der Waals surface area contributed by atoms with Crippen molar-refractivity contribution in [3.8, 4) is 17.0 Å². The van der Waals surface area contributed by atoms with E-state index in [2.05, 4.69) is 20.7 Å². The van der Waals surface area contributed by atoms with Crippen LogP contribution in [0.1, 0.15) is 23.5 Å². The number of nitrogens with one attached hydrogen (secondary N) is 2. The van der Waals surface area contributed by atoms with Gasteiger partial charge in [0.05, 0.1) is 11.6 Å². The van der Waals surface area contributed by atoms with E-state index < -0.39 is 0 Å². The van der Waals surface area contributed by atoms with E-state index in [9.17, 15) is 9.90 Å². The van der Waals surface area contributed by atoms with Crippen molar-refractivity contribution >= 4 is 30.7 Å². The van der Waals surface area contributed by atoms with Crippen LogP contribution < -0.4 is 16.1 Å². The summed E-state index contributed by atoms with van der Waals surface area (Å²) in [5, 5.41) is 21.1. The van der Waals surface area contributed by atoms with Crippen molar-refractivity contribution in [3.05, 3.63) is 108 Å². The van der Waals surface area contributed by atoms with Crippen LogP contribution in [0.25, 0.3) is 16.9 Å². The second-order valence-electron chi connectivity index (χ2n) is 8.70. The highest BCUT2D eigenvalue weighted by atomic mass is 16.3. The van der Waals surface area contributed by atoms with Crippen molar-refractivity contribution in [2.45, 2.75) is 12.3 Å². The molecular weight excluding hydrogens is 461 g/mol. The molecule has 182 valence electrons. The summed E-state index contributed by atoms with van der Waals surface area (Å²) in [4.78, 5) is 17.8. The van der Waals surface area contributed by atoms with Crippen molar-refractivity contribution < 1.29 is 9.90 Å². The van der Waals surface area contributed by atoms with Gasteiger partial charge in [0.1, 0.15) is 19.4 Å². The van der Waals surface area contributed by atoms with Crippen LogP contribution in [0.5, 0.6) is 5.75 Å². The lowest BCUT2D eigenvalue weighted by Gasteiger charge is -2.18. The van der Waals surface area contributed by atoms with Gasteiger partial charge in [-0.1, -0.05) is 72.8 Å². The first-order valence-corrected chi connectivity index (χ1v) is 12.2. The van der Waals surface area contributed by atoms with Crippen LogP contribution in [0.4, 0.5) is 5.82 Å². The Hall–Kier alpha value is -4.59. The Balaban J connectivity index is 1.26. The Morgan fingerprint density at radius 2 is 1.57 bits per heavy atom. The van der Waals surface area contributed by atoms with Crippen molar-refractivity contribution in [1.29, 1.82) is 0 Å². The monoisotopic (exact) mass is 487 g/mol. The molecule has 1 amide bonds. The van der Waals surface area contributed by atoms with Crippen LogP contribution in [0, 0.1) is 0 Å². The lowest BCUT2D eigenvalue weighted by Crippen LogP contribution is -2.31. The third kappa shape index (κ3) is 5.33. The van der Waals surface area contributed by atoms with Gasteiger partial charge in [-0.15, -0.1) is 0 Å². The molecule has 0 atom stereocenters. The molecule has 2 aromatic heterocycles. The molecule has 5 rings (SSSR count). The molecule has 8 heteroatoms. The summed E-state index contributed by atoms with van der Waals surface area (Å²) in [6.45, 7) is 1.09. The largest absolute Gasteiger partial charge is 0.507 e. The number of benzene rings is 3. The van der Waals surface area contributed by atoms with Crippen LogP contribution >= 0.6 is 0 Å². The lowest BCUT2D eigenvalue weighted by atomic mass is 9.90. The van der Waals surface area contributed by atoms with Crippen molar-refractivity contribution in [2.24, 2.45) is 0 Å². The molecule has 0 spiro atoms. The minimum Gasteiger partial charge on any atom is -0.507 e. The van der Waals surface area contributed by atoms with Gasteiger partial charge in [-0.2, -0.15) is 9.61 Å². The third-order valence-electron chi connectivity index (χ3n) is 6.17. The van der Waals surface area contributed by atoms with Gasteiger partial charge >= 0.3 is 0 Å². The van der Waals surface area contributed by atoms with Gasteiger partial charge in [-0.05, 0) is 35.1 Å². The van der Waals surface area contributed by atoms with E-state index in [0.29, 0.717) is 47.7 Å². The molecule has 3 N–H and O–H groups in total. The summed E-state index contributed by atoms with van der Waals surface area (Å²) in [5.74, 6) is 0.420. The summed E-state index contributed by atoms with van der Waals surface area (Å²) in [5.41, 5.74) is 4.05. The molecule has 37 heavy (non-hydrogen) atoms. The molecule has 7 nitrogen and oxygen atoms in total. The number of aromatic nitrogens is 3. The van der Waals surface area contributed by atoms with Crippen molar-refractivity contribution in [2.75, 3.05) is 18.4 Å². The summed E-state index contributed by atoms with van der Waals surface area (Å²) in [6.07, 6.45) is 2.24. The zero-order valence-electron chi connectivity index (χ0n) is 20.2. The van der Waals surface area contributed by atoms with Gasteiger partial charge in [0.25, 0.3) is 0 Å². The molecule has 0 aliphatic carbocycles. The molecule has 0 bridgehead atoms. The quantitative estimate of drug-likeness (QED) is 0.218. The van der Waals surface area contributed by atoms with E-state index in [-0.39, 0.29) is 17.6 Å². The van der Waals surface area contributed by atoms with Crippen LogP contribution in [0.3, 0.4) is 0 Å². The minimum atomic E-state index is -0.372. The number of phenolic OH excluding ortho intramolecular Hbond substituents is 1. The minimum absolute atomic E-state index is 0.0367. The smallest absolute Gasteiger partial charge is 0.232 e. The first kappa shape index (κ1) is 24.1. The highest BCUT2D eigenvalue weighted by Crippen LogP contribution is 2.29. The topological polar surface area (TPSA) is 91.5 Å². The highest BCUT2D eigenvalue weighted by molar-refractivity contribution is 6.36. The molecular formula is C29H26BN5O2. The van der Waals surface area contributed by atoms with E-state index >= 15 is 0 Å². The number of amides is 1. The van der Waals surface area contributed by atoms with Gasteiger partial charge in [-0.3, -0.25) is 4.79 Å². The zero-order valence-corrected chi connectivity index (χ0v) is 20.2. The SMILES string of the molecule is [B]c1cnn2c(NCCCNC(=O)C(c3ccccc3)c3ccccc3)cc(-c3ccccc3O)nc12. The van der Waals surface area contributed by atoms with E-state index in [1.807, 2.05) is 72.8 Å². The van der Waals surface area contributed by atoms with Crippen LogP contribution in [-0.4, -0.2) is 46.5 Å². The predicted molar refractivity (Wildman–Crippen MR) is 146 cm³/mol. The number of anilines is 1. The molecule has 5 aromatic rings. The molecule has 0 saturated carbocycles.